The quantitative estimate of drug-likeness (QED) is 0.907. The number of hydrogen-bond acceptors (Lipinski definition) is 6. The smallest absolute Gasteiger partial charge is 0.155 e. The van der Waals surface area contributed by atoms with E-state index in [1.165, 1.54) is 0 Å². The number of rotatable bonds is 5. The maximum absolute atomic E-state index is 11.6. The van der Waals surface area contributed by atoms with Gasteiger partial charge in [0.2, 0.25) is 0 Å². The van der Waals surface area contributed by atoms with Gasteiger partial charge in [-0.05, 0) is 24.8 Å². The number of aromatic amines is 1. The molecule has 2 aromatic heterocycles. The molecule has 1 N–H and O–H groups in total. The molecule has 0 saturated carbocycles. The molecule has 7 nitrogen and oxygen atoms in total. The fourth-order valence-corrected chi connectivity index (χ4v) is 3.16. The maximum Gasteiger partial charge on any atom is 0.155 e. The van der Waals surface area contributed by atoms with Gasteiger partial charge in [0.05, 0.1) is 17.9 Å². The maximum atomic E-state index is 11.6. The summed E-state index contributed by atoms with van der Waals surface area (Å²) >= 11 is 0. The molecule has 120 valence electrons. The summed E-state index contributed by atoms with van der Waals surface area (Å²) in [4.78, 5) is 23.3. The SMILES string of the molecule is CN(c1ncnc2[nH]ccc12)N1CCC(CC(=O)CC#N)CC1. The Bertz CT molecular complexity index is 725. The predicted octanol–water partition coefficient (Wildman–Crippen LogP) is 1.89. The zero-order chi connectivity index (χ0) is 16.2. The lowest BCUT2D eigenvalue weighted by molar-refractivity contribution is -0.119. The van der Waals surface area contributed by atoms with Gasteiger partial charge in [-0.2, -0.15) is 5.26 Å². The van der Waals surface area contributed by atoms with E-state index in [0.29, 0.717) is 12.3 Å². The number of nitrogens with zero attached hydrogens (tertiary/aromatic N) is 5. The van der Waals surface area contributed by atoms with Crippen molar-refractivity contribution in [1.82, 2.24) is 20.0 Å². The van der Waals surface area contributed by atoms with E-state index in [1.54, 1.807) is 6.33 Å². The number of anilines is 1. The number of piperidine rings is 1. The lowest BCUT2D eigenvalue weighted by Crippen LogP contribution is -2.45. The van der Waals surface area contributed by atoms with Crippen molar-refractivity contribution in [2.45, 2.75) is 25.7 Å². The predicted molar refractivity (Wildman–Crippen MR) is 86.4 cm³/mol. The number of H-pyrrole nitrogens is 1. The van der Waals surface area contributed by atoms with Crippen LogP contribution in [0.3, 0.4) is 0 Å². The largest absolute Gasteiger partial charge is 0.346 e. The van der Waals surface area contributed by atoms with Crippen LogP contribution in [0.5, 0.6) is 0 Å². The zero-order valence-electron chi connectivity index (χ0n) is 13.2. The minimum Gasteiger partial charge on any atom is -0.346 e. The number of nitrogens with one attached hydrogen (secondary N) is 1. The number of hydrogen-bond donors (Lipinski definition) is 1. The van der Waals surface area contributed by atoms with Crippen LogP contribution in [0.25, 0.3) is 11.0 Å². The second kappa shape index (κ2) is 6.75. The van der Waals surface area contributed by atoms with E-state index in [-0.39, 0.29) is 12.2 Å². The molecular formula is C16H20N6O. The van der Waals surface area contributed by atoms with Crippen LogP contribution in [0.2, 0.25) is 0 Å². The average molecular weight is 312 g/mol. The van der Waals surface area contributed by atoms with Gasteiger partial charge in [-0.3, -0.25) is 9.80 Å². The Labute approximate surface area is 134 Å². The van der Waals surface area contributed by atoms with Crippen molar-refractivity contribution in [1.29, 1.82) is 5.26 Å². The van der Waals surface area contributed by atoms with Crippen molar-refractivity contribution < 1.29 is 4.79 Å². The van der Waals surface area contributed by atoms with Crippen molar-refractivity contribution in [3.8, 4) is 6.07 Å². The summed E-state index contributed by atoms with van der Waals surface area (Å²) in [5, 5.41) is 13.9. The van der Waals surface area contributed by atoms with Crippen molar-refractivity contribution in [3.05, 3.63) is 18.6 Å². The molecule has 0 unspecified atom stereocenters. The summed E-state index contributed by atoms with van der Waals surface area (Å²) in [5.74, 6) is 1.33. The van der Waals surface area contributed by atoms with E-state index in [4.69, 9.17) is 5.26 Å². The molecule has 0 spiro atoms. The Kier molecular flexibility index (Phi) is 4.53. The molecule has 7 heteroatoms. The van der Waals surface area contributed by atoms with Gasteiger partial charge in [0, 0.05) is 32.8 Å². The van der Waals surface area contributed by atoms with Gasteiger partial charge in [0.25, 0.3) is 0 Å². The third-order valence-corrected chi connectivity index (χ3v) is 4.45. The minimum atomic E-state index is 0.0342. The van der Waals surface area contributed by atoms with Crippen LogP contribution in [-0.2, 0) is 4.79 Å². The van der Waals surface area contributed by atoms with E-state index in [0.717, 1.165) is 42.8 Å². The van der Waals surface area contributed by atoms with Crippen molar-refractivity contribution in [3.63, 3.8) is 0 Å². The number of Topliss-reactive ketones (excluding diaryl/α,β-unsaturated/α-hetero) is 1. The van der Waals surface area contributed by atoms with Crippen LogP contribution < -0.4 is 5.01 Å². The van der Waals surface area contributed by atoms with E-state index in [1.807, 2.05) is 25.4 Å². The Balaban J connectivity index is 1.62. The Morgan fingerprint density at radius 1 is 1.48 bits per heavy atom. The molecule has 0 radical (unpaired) electrons. The third-order valence-electron chi connectivity index (χ3n) is 4.45. The summed E-state index contributed by atoms with van der Waals surface area (Å²) in [6.45, 7) is 1.77. The number of hydrazine groups is 1. The van der Waals surface area contributed by atoms with Gasteiger partial charge in [-0.25, -0.2) is 15.0 Å². The third kappa shape index (κ3) is 3.32. The number of nitriles is 1. The molecule has 0 aliphatic carbocycles. The molecule has 23 heavy (non-hydrogen) atoms. The molecule has 2 aromatic rings. The molecule has 0 aromatic carbocycles. The summed E-state index contributed by atoms with van der Waals surface area (Å²) in [6, 6.07) is 3.92. The normalized spacial score (nSPS) is 16.3. The van der Waals surface area contributed by atoms with Crippen LogP contribution in [0, 0.1) is 17.2 Å². The monoisotopic (exact) mass is 312 g/mol. The first-order chi connectivity index (χ1) is 11.2. The minimum absolute atomic E-state index is 0.0342. The first-order valence-corrected chi connectivity index (χ1v) is 7.84. The van der Waals surface area contributed by atoms with Crippen molar-refractivity contribution >= 4 is 22.6 Å². The highest BCUT2D eigenvalue weighted by Gasteiger charge is 2.25. The second-order valence-corrected chi connectivity index (χ2v) is 5.94. The van der Waals surface area contributed by atoms with E-state index in [9.17, 15) is 4.79 Å². The Hall–Kier alpha value is -2.46. The molecule has 3 heterocycles. The molecule has 1 aliphatic heterocycles. The number of ketones is 1. The zero-order valence-corrected chi connectivity index (χ0v) is 13.2. The molecule has 1 saturated heterocycles. The molecule has 0 atom stereocenters. The lowest BCUT2D eigenvalue weighted by Gasteiger charge is -2.38. The second-order valence-electron chi connectivity index (χ2n) is 5.94. The fourth-order valence-electron chi connectivity index (χ4n) is 3.16. The summed E-state index contributed by atoms with van der Waals surface area (Å²) in [6.07, 6.45) is 5.92. The standard InChI is InChI=1S/C16H20N6O/c1-21(16-14-3-7-18-15(14)19-11-20-16)22-8-4-12(5-9-22)10-13(23)2-6-17/h3,7,11-12H,2,4-5,8-10H2,1H3,(H,18,19,20). The van der Waals surface area contributed by atoms with E-state index in [2.05, 4.69) is 25.0 Å². The van der Waals surface area contributed by atoms with Gasteiger partial charge in [0.1, 0.15) is 17.8 Å². The van der Waals surface area contributed by atoms with Gasteiger partial charge in [-0.15, -0.1) is 0 Å². The van der Waals surface area contributed by atoms with Crippen LogP contribution in [0.4, 0.5) is 5.82 Å². The Morgan fingerprint density at radius 3 is 3.00 bits per heavy atom. The molecule has 0 amide bonds. The first-order valence-electron chi connectivity index (χ1n) is 7.84. The molecule has 3 rings (SSSR count). The highest BCUT2D eigenvalue weighted by Crippen LogP contribution is 2.26. The Morgan fingerprint density at radius 2 is 2.26 bits per heavy atom. The van der Waals surface area contributed by atoms with Crippen LogP contribution >= 0.6 is 0 Å². The summed E-state index contributed by atoms with van der Waals surface area (Å²) in [5.41, 5.74) is 0.832. The lowest BCUT2D eigenvalue weighted by atomic mass is 9.91. The molecule has 0 bridgehead atoms. The van der Waals surface area contributed by atoms with E-state index >= 15 is 0 Å². The van der Waals surface area contributed by atoms with Crippen molar-refractivity contribution in [2.24, 2.45) is 5.92 Å². The van der Waals surface area contributed by atoms with E-state index < -0.39 is 0 Å². The number of fused-ring (bicyclic) bond motifs is 1. The van der Waals surface area contributed by atoms with Crippen LogP contribution in [0.1, 0.15) is 25.7 Å². The summed E-state index contributed by atoms with van der Waals surface area (Å²) in [7, 11) is 2.01. The fraction of sp³-hybridized carbons (Fsp3) is 0.500. The van der Waals surface area contributed by atoms with Gasteiger partial charge in [0.15, 0.2) is 5.82 Å². The van der Waals surface area contributed by atoms with Crippen molar-refractivity contribution in [2.75, 3.05) is 25.1 Å². The van der Waals surface area contributed by atoms with Crippen LogP contribution in [-0.4, -0.2) is 45.9 Å². The highest BCUT2D eigenvalue weighted by atomic mass is 16.1. The van der Waals surface area contributed by atoms with Gasteiger partial charge in [-0.1, -0.05) is 0 Å². The molecular weight excluding hydrogens is 292 g/mol. The topological polar surface area (TPSA) is 88.9 Å². The van der Waals surface area contributed by atoms with Gasteiger partial charge < -0.3 is 4.98 Å². The molecule has 1 aliphatic rings. The highest BCUT2D eigenvalue weighted by molar-refractivity contribution is 5.86. The number of aromatic nitrogens is 3. The summed E-state index contributed by atoms with van der Waals surface area (Å²) < 4.78 is 0. The van der Waals surface area contributed by atoms with Crippen LogP contribution in [0.15, 0.2) is 18.6 Å². The number of carbonyl (C=O) groups is 1. The first kappa shape index (κ1) is 15.4. The average Bonchev–Trinajstić information content (AvgIpc) is 3.03. The van der Waals surface area contributed by atoms with Gasteiger partial charge >= 0.3 is 0 Å². The number of carbonyl (C=O) groups excluding carboxylic acids is 1. The molecule has 1 fully saturated rings.